The van der Waals surface area contributed by atoms with Crippen molar-refractivity contribution in [2.24, 2.45) is 0 Å². The largest absolute Gasteiger partial charge is 0.352 e. The van der Waals surface area contributed by atoms with Crippen molar-refractivity contribution >= 4 is 0 Å². The van der Waals surface area contributed by atoms with Crippen LogP contribution in [0.4, 0.5) is 0 Å². The Morgan fingerprint density at radius 2 is 1.91 bits per heavy atom. The highest BCUT2D eigenvalue weighted by Crippen LogP contribution is 2.06. The predicted molar refractivity (Wildman–Crippen MR) is 46.5 cm³/mol. The maximum absolute atomic E-state index is 5.02. The third kappa shape index (κ3) is 4.99. The van der Waals surface area contributed by atoms with Crippen molar-refractivity contribution in [1.29, 1.82) is 0 Å². The van der Waals surface area contributed by atoms with E-state index in [0.717, 1.165) is 6.42 Å². The Bertz CT molecular complexity index is 115. The van der Waals surface area contributed by atoms with Crippen LogP contribution in [-0.2, 0) is 9.47 Å². The minimum atomic E-state index is -0.179. The summed E-state index contributed by atoms with van der Waals surface area (Å²) in [4.78, 5) is 0. The van der Waals surface area contributed by atoms with Gasteiger partial charge >= 0.3 is 0 Å². The Hall–Kier alpha value is -0.340. The second-order valence-corrected chi connectivity index (χ2v) is 2.60. The van der Waals surface area contributed by atoms with Crippen LogP contribution >= 0.6 is 0 Å². The number of allylic oxidation sites excluding steroid dienone is 1. The first-order valence-corrected chi connectivity index (χ1v) is 3.97. The van der Waals surface area contributed by atoms with E-state index in [1.165, 1.54) is 12.0 Å². The molecule has 0 N–H and O–H groups in total. The summed E-state index contributed by atoms with van der Waals surface area (Å²) in [7, 11) is 3.29. The molecule has 0 aliphatic rings. The molecular formula is C9H18O2. The van der Waals surface area contributed by atoms with Crippen LogP contribution in [0.3, 0.4) is 0 Å². The first-order chi connectivity index (χ1) is 5.24. The molecule has 0 radical (unpaired) electrons. The predicted octanol–water partition coefficient (Wildman–Crippen LogP) is 2.35. The van der Waals surface area contributed by atoms with Crippen molar-refractivity contribution in [2.45, 2.75) is 33.0 Å². The molecule has 0 rings (SSSR count). The van der Waals surface area contributed by atoms with Crippen molar-refractivity contribution in [2.75, 3.05) is 14.2 Å². The number of ether oxygens (including phenoxy) is 2. The van der Waals surface area contributed by atoms with Gasteiger partial charge in [0.05, 0.1) is 0 Å². The summed E-state index contributed by atoms with van der Waals surface area (Å²) in [6, 6.07) is 0. The molecule has 0 aromatic rings. The van der Waals surface area contributed by atoms with Gasteiger partial charge in [0.1, 0.15) is 0 Å². The molecule has 0 saturated carbocycles. The minimum absolute atomic E-state index is 0.179. The van der Waals surface area contributed by atoms with E-state index in [1.807, 2.05) is 6.08 Å². The second kappa shape index (κ2) is 6.38. The number of hydrogen-bond donors (Lipinski definition) is 0. The van der Waals surface area contributed by atoms with Gasteiger partial charge in [-0.15, -0.1) is 0 Å². The Labute approximate surface area is 69.2 Å². The van der Waals surface area contributed by atoms with Crippen LogP contribution in [0.2, 0.25) is 0 Å². The van der Waals surface area contributed by atoms with Crippen molar-refractivity contribution < 1.29 is 9.47 Å². The standard InChI is InChI=1S/C9H18O2/c1-5-6-8(2)7-9(10-3)11-4/h7,9H,5-6H2,1-4H3/b8-7+. The Morgan fingerprint density at radius 1 is 1.36 bits per heavy atom. The summed E-state index contributed by atoms with van der Waals surface area (Å²) in [6.07, 6.45) is 4.11. The van der Waals surface area contributed by atoms with Crippen molar-refractivity contribution in [3.8, 4) is 0 Å². The van der Waals surface area contributed by atoms with Crippen LogP contribution in [0, 0.1) is 0 Å². The molecule has 0 aromatic heterocycles. The molecule has 0 aliphatic heterocycles. The quantitative estimate of drug-likeness (QED) is 0.451. The van der Waals surface area contributed by atoms with Gasteiger partial charge in [0, 0.05) is 14.2 Å². The highest BCUT2D eigenvalue weighted by atomic mass is 16.7. The summed E-state index contributed by atoms with van der Waals surface area (Å²) in [5.41, 5.74) is 1.32. The van der Waals surface area contributed by atoms with E-state index < -0.39 is 0 Å². The van der Waals surface area contributed by atoms with E-state index in [1.54, 1.807) is 14.2 Å². The van der Waals surface area contributed by atoms with Gasteiger partial charge < -0.3 is 9.47 Å². The summed E-state index contributed by atoms with van der Waals surface area (Å²) in [5, 5.41) is 0. The number of methoxy groups -OCH3 is 2. The van der Waals surface area contributed by atoms with Crippen molar-refractivity contribution in [3.63, 3.8) is 0 Å². The lowest BCUT2D eigenvalue weighted by Gasteiger charge is -2.09. The molecule has 0 saturated heterocycles. The summed E-state index contributed by atoms with van der Waals surface area (Å²) >= 11 is 0. The van der Waals surface area contributed by atoms with E-state index in [-0.39, 0.29) is 6.29 Å². The molecule has 0 heterocycles. The second-order valence-electron chi connectivity index (χ2n) is 2.60. The van der Waals surface area contributed by atoms with Crippen molar-refractivity contribution in [1.82, 2.24) is 0 Å². The fourth-order valence-corrected chi connectivity index (χ4v) is 0.942. The highest BCUT2D eigenvalue weighted by Gasteiger charge is 1.99. The zero-order valence-corrected chi connectivity index (χ0v) is 7.89. The van der Waals surface area contributed by atoms with Gasteiger partial charge in [-0.25, -0.2) is 0 Å². The maximum Gasteiger partial charge on any atom is 0.176 e. The van der Waals surface area contributed by atoms with E-state index in [2.05, 4.69) is 13.8 Å². The average molecular weight is 158 g/mol. The molecule has 0 atom stereocenters. The summed E-state index contributed by atoms with van der Waals surface area (Å²) < 4.78 is 10.0. The van der Waals surface area contributed by atoms with Gasteiger partial charge in [0.25, 0.3) is 0 Å². The SMILES string of the molecule is CCC/C(C)=C/C(OC)OC. The topological polar surface area (TPSA) is 18.5 Å². The molecule has 0 bridgehead atoms. The Morgan fingerprint density at radius 3 is 2.27 bits per heavy atom. The first-order valence-electron chi connectivity index (χ1n) is 3.97. The molecule has 0 amide bonds. The van der Waals surface area contributed by atoms with Crippen LogP contribution in [0.15, 0.2) is 11.6 Å². The summed E-state index contributed by atoms with van der Waals surface area (Å²) in [6.45, 7) is 4.25. The molecule has 0 unspecified atom stereocenters. The number of hydrogen-bond acceptors (Lipinski definition) is 2. The number of rotatable bonds is 5. The van der Waals surface area contributed by atoms with Crippen LogP contribution in [0.5, 0.6) is 0 Å². The van der Waals surface area contributed by atoms with E-state index in [9.17, 15) is 0 Å². The van der Waals surface area contributed by atoms with Gasteiger partial charge in [-0.3, -0.25) is 0 Å². The molecule has 0 aliphatic carbocycles. The van der Waals surface area contributed by atoms with E-state index in [0.29, 0.717) is 0 Å². The lowest BCUT2D eigenvalue weighted by Crippen LogP contribution is -2.09. The molecule has 0 aromatic carbocycles. The smallest absolute Gasteiger partial charge is 0.176 e. The third-order valence-electron chi connectivity index (χ3n) is 1.53. The van der Waals surface area contributed by atoms with Gasteiger partial charge in [-0.05, 0) is 19.4 Å². The highest BCUT2D eigenvalue weighted by molar-refractivity contribution is 4.99. The monoisotopic (exact) mass is 158 g/mol. The van der Waals surface area contributed by atoms with Crippen LogP contribution in [0.25, 0.3) is 0 Å². The van der Waals surface area contributed by atoms with Crippen LogP contribution < -0.4 is 0 Å². The molecule has 11 heavy (non-hydrogen) atoms. The molecule has 0 spiro atoms. The zero-order valence-electron chi connectivity index (χ0n) is 7.89. The molecule has 2 heteroatoms. The van der Waals surface area contributed by atoms with E-state index >= 15 is 0 Å². The Kier molecular flexibility index (Phi) is 6.18. The molecule has 2 nitrogen and oxygen atoms in total. The van der Waals surface area contributed by atoms with Gasteiger partial charge in [-0.1, -0.05) is 18.9 Å². The molecule has 0 fully saturated rings. The Balaban J connectivity index is 3.81. The fraction of sp³-hybridized carbons (Fsp3) is 0.778. The first kappa shape index (κ1) is 10.7. The third-order valence-corrected chi connectivity index (χ3v) is 1.53. The summed E-state index contributed by atoms with van der Waals surface area (Å²) in [5.74, 6) is 0. The van der Waals surface area contributed by atoms with Crippen molar-refractivity contribution in [3.05, 3.63) is 11.6 Å². The normalized spacial score (nSPS) is 12.6. The molecule has 66 valence electrons. The van der Waals surface area contributed by atoms with Gasteiger partial charge in [0.15, 0.2) is 6.29 Å². The average Bonchev–Trinajstić information content (AvgIpc) is 2.01. The lowest BCUT2D eigenvalue weighted by molar-refractivity contribution is -0.0671. The van der Waals surface area contributed by atoms with Crippen LogP contribution in [0.1, 0.15) is 26.7 Å². The van der Waals surface area contributed by atoms with Gasteiger partial charge in [-0.2, -0.15) is 0 Å². The van der Waals surface area contributed by atoms with Crippen LogP contribution in [-0.4, -0.2) is 20.5 Å². The molecular weight excluding hydrogens is 140 g/mol. The fourth-order valence-electron chi connectivity index (χ4n) is 0.942. The maximum atomic E-state index is 5.02. The lowest BCUT2D eigenvalue weighted by atomic mass is 10.2. The zero-order chi connectivity index (χ0) is 8.69. The van der Waals surface area contributed by atoms with E-state index in [4.69, 9.17) is 9.47 Å². The van der Waals surface area contributed by atoms with Gasteiger partial charge in [0.2, 0.25) is 0 Å². The minimum Gasteiger partial charge on any atom is -0.352 e.